The molecule has 0 aliphatic heterocycles. The molecular weight excluding hydrogens is 322 g/mol. The SMILES string of the molecule is C(C=Cc1ccccc1)=Cc1ccccc1.CN(C)[SiH]=O.[Ti+2]. The Bertz CT molecular complexity index is 521. The van der Waals surface area contributed by atoms with Gasteiger partial charge in [-0.1, -0.05) is 85.0 Å². The van der Waals surface area contributed by atoms with E-state index >= 15 is 0 Å². The Morgan fingerprint density at radius 1 is 0.773 bits per heavy atom. The molecule has 2 rings (SSSR count). The molecule has 0 amide bonds. The normalized spacial score (nSPS) is 9.73. The molecule has 2 aromatic rings. The fourth-order valence-corrected chi connectivity index (χ4v) is 1.46. The van der Waals surface area contributed by atoms with Crippen LogP contribution in [0.25, 0.3) is 12.2 Å². The first kappa shape index (κ1) is 20.5. The predicted octanol–water partition coefficient (Wildman–Crippen LogP) is 3.66. The number of allylic oxidation sites excluding steroid dienone is 2. The summed E-state index contributed by atoms with van der Waals surface area (Å²) in [6.45, 7) is 0. The molecule has 22 heavy (non-hydrogen) atoms. The van der Waals surface area contributed by atoms with E-state index in [1.165, 1.54) is 11.1 Å². The minimum absolute atomic E-state index is 0. The zero-order valence-corrected chi connectivity index (χ0v) is 15.7. The summed E-state index contributed by atoms with van der Waals surface area (Å²) in [7, 11) is 2.87. The van der Waals surface area contributed by atoms with Crippen molar-refractivity contribution in [1.29, 1.82) is 0 Å². The van der Waals surface area contributed by atoms with Gasteiger partial charge in [-0.2, -0.15) is 0 Å². The van der Waals surface area contributed by atoms with Gasteiger partial charge in [-0.05, 0) is 25.2 Å². The molecule has 0 N–H and O–H groups in total. The van der Waals surface area contributed by atoms with Crippen molar-refractivity contribution < 1.29 is 26.2 Å². The molecule has 0 bridgehead atoms. The van der Waals surface area contributed by atoms with Gasteiger partial charge in [0.15, 0.2) is 0 Å². The Hall–Kier alpha value is -1.55. The second-order valence-electron chi connectivity index (χ2n) is 4.61. The first-order valence-electron chi connectivity index (χ1n) is 6.79. The fraction of sp³-hybridized carbons (Fsp3) is 0.111. The van der Waals surface area contributed by atoms with Crippen molar-refractivity contribution in [3.8, 4) is 0 Å². The summed E-state index contributed by atoms with van der Waals surface area (Å²) in [5.41, 5.74) is 2.44. The van der Waals surface area contributed by atoms with E-state index in [0.717, 1.165) is 0 Å². The van der Waals surface area contributed by atoms with Crippen LogP contribution in [0.3, 0.4) is 0 Å². The zero-order chi connectivity index (χ0) is 15.3. The third kappa shape index (κ3) is 10.2. The largest absolute Gasteiger partial charge is 2.00 e. The Balaban J connectivity index is 0.000000644. The van der Waals surface area contributed by atoms with Gasteiger partial charge in [-0.3, -0.25) is 0 Å². The van der Waals surface area contributed by atoms with Gasteiger partial charge in [0, 0.05) is 0 Å². The second kappa shape index (κ2) is 13.1. The van der Waals surface area contributed by atoms with Gasteiger partial charge in [0.2, 0.25) is 0 Å². The molecule has 0 fully saturated rings. The number of nitrogens with zero attached hydrogens (tertiary/aromatic N) is 1. The zero-order valence-electron chi connectivity index (χ0n) is 13.0. The van der Waals surface area contributed by atoms with Gasteiger partial charge in [0.25, 0.3) is 0 Å². The average molecular weight is 343 g/mol. The van der Waals surface area contributed by atoms with Crippen LogP contribution >= 0.6 is 0 Å². The average Bonchev–Trinajstić information content (AvgIpc) is 2.54. The summed E-state index contributed by atoms with van der Waals surface area (Å²) in [5, 5.41) is 0. The number of hydrogen-bond donors (Lipinski definition) is 0. The van der Waals surface area contributed by atoms with Crippen molar-refractivity contribution in [1.82, 2.24) is 4.57 Å². The van der Waals surface area contributed by atoms with Crippen molar-refractivity contribution in [2.45, 2.75) is 0 Å². The quantitative estimate of drug-likeness (QED) is 0.624. The van der Waals surface area contributed by atoms with Gasteiger partial charge >= 0.3 is 31.3 Å². The molecule has 0 atom stereocenters. The first-order valence-corrected chi connectivity index (χ1v) is 7.77. The van der Waals surface area contributed by atoms with Gasteiger partial charge in [-0.15, -0.1) is 0 Å². The Morgan fingerprint density at radius 2 is 1.09 bits per heavy atom. The van der Waals surface area contributed by atoms with E-state index in [1.807, 2.05) is 36.4 Å². The standard InChI is InChI=1S/C16H14.C2H7NOSi.Ti/c1-3-9-15(10-4-1)13-7-8-14-16-11-5-2-6-12-16;1-3(2)5-4;/h1-14H;5H,1-2H3;/q;;+2. The smallest absolute Gasteiger partial charge is 0.385 e. The summed E-state index contributed by atoms with van der Waals surface area (Å²) in [6.07, 6.45) is 8.31. The molecule has 0 spiro atoms. The molecule has 2 aromatic carbocycles. The summed E-state index contributed by atoms with van der Waals surface area (Å²) in [4.78, 5) is 0. The molecule has 4 heteroatoms. The van der Waals surface area contributed by atoms with Crippen LogP contribution in [0.15, 0.2) is 72.8 Å². The van der Waals surface area contributed by atoms with Crippen molar-refractivity contribution >= 4 is 21.7 Å². The number of benzene rings is 2. The van der Waals surface area contributed by atoms with Crippen molar-refractivity contribution in [3.05, 3.63) is 83.9 Å². The van der Waals surface area contributed by atoms with E-state index < -0.39 is 9.57 Å². The number of rotatable bonds is 4. The van der Waals surface area contributed by atoms with Crippen LogP contribution in [0.4, 0.5) is 0 Å². The minimum Gasteiger partial charge on any atom is -0.385 e. The molecule has 0 radical (unpaired) electrons. The van der Waals surface area contributed by atoms with Crippen molar-refractivity contribution in [2.75, 3.05) is 14.1 Å². The predicted molar refractivity (Wildman–Crippen MR) is 92.5 cm³/mol. The second-order valence-corrected chi connectivity index (χ2v) is 5.85. The minimum atomic E-state index is -0.685. The van der Waals surface area contributed by atoms with E-state index in [1.54, 1.807) is 18.7 Å². The summed E-state index contributed by atoms with van der Waals surface area (Å²) >= 11 is 0. The third-order valence-electron chi connectivity index (χ3n) is 2.50. The van der Waals surface area contributed by atoms with E-state index in [9.17, 15) is 4.46 Å². The van der Waals surface area contributed by atoms with Crippen LogP contribution in [-0.4, -0.2) is 28.2 Å². The van der Waals surface area contributed by atoms with E-state index in [4.69, 9.17) is 0 Å². The molecule has 0 saturated carbocycles. The molecule has 0 unspecified atom stereocenters. The molecular formula is C18H21NOSiTi+2. The van der Waals surface area contributed by atoms with Gasteiger partial charge in [0.1, 0.15) is 0 Å². The van der Waals surface area contributed by atoms with E-state index in [2.05, 4.69) is 48.6 Å². The monoisotopic (exact) mass is 343 g/mol. The van der Waals surface area contributed by atoms with Crippen molar-refractivity contribution in [2.24, 2.45) is 0 Å². The van der Waals surface area contributed by atoms with Crippen LogP contribution in [0.5, 0.6) is 0 Å². The maximum atomic E-state index is 9.64. The Morgan fingerprint density at radius 3 is 1.36 bits per heavy atom. The molecule has 0 aromatic heterocycles. The van der Waals surface area contributed by atoms with Crippen LogP contribution in [0, 0.1) is 0 Å². The fourth-order valence-electron chi connectivity index (χ4n) is 1.46. The maximum absolute atomic E-state index is 9.64. The van der Waals surface area contributed by atoms with Crippen LogP contribution < -0.4 is 0 Å². The summed E-state index contributed by atoms with van der Waals surface area (Å²) in [5.74, 6) is 0. The van der Waals surface area contributed by atoms with Crippen LogP contribution in [0.2, 0.25) is 0 Å². The van der Waals surface area contributed by atoms with Crippen molar-refractivity contribution in [3.63, 3.8) is 0 Å². The van der Waals surface area contributed by atoms with Gasteiger partial charge in [0.05, 0.1) is 0 Å². The molecule has 0 saturated heterocycles. The van der Waals surface area contributed by atoms with Gasteiger partial charge < -0.3 is 9.03 Å². The topological polar surface area (TPSA) is 20.3 Å². The third-order valence-corrected chi connectivity index (χ3v) is 2.92. The van der Waals surface area contributed by atoms with Crippen LogP contribution in [0.1, 0.15) is 11.1 Å². The molecule has 0 heterocycles. The summed E-state index contributed by atoms with van der Waals surface area (Å²) in [6, 6.07) is 20.6. The maximum Gasteiger partial charge on any atom is 2.00 e. The van der Waals surface area contributed by atoms with Crippen LogP contribution in [-0.2, 0) is 26.2 Å². The molecule has 2 nitrogen and oxygen atoms in total. The van der Waals surface area contributed by atoms with Gasteiger partial charge in [-0.25, -0.2) is 0 Å². The first-order chi connectivity index (χ1) is 10.2. The Labute approximate surface area is 150 Å². The summed E-state index contributed by atoms with van der Waals surface area (Å²) < 4.78 is 11.3. The molecule has 110 valence electrons. The van der Waals surface area contributed by atoms with E-state index in [0.29, 0.717) is 0 Å². The van der Waals surface area contributed by atoms with E-state index in [-0.39, 0.29) is 21.7 Å². The number of hydrogen-bond acceptors (Lipinski definition) is 1. The molecule has 0 aliphatic carbocycles. The molecule has 0 aliphatic rings. The Kier molecular flexibility index (Phi) is 12.2.